The first kappa shape index (κ1) is 13.9. The minimum absolute atomic E-state index is 0.183. The van der Waals surface area contributed by atoms with E-state index < -0.39 is 19.2 Å². The van der Waals surface area contributed by atoms with Crippen molar-refractivity contribution in [3.63, 3.8) is 0 Å². The number of nitrogens with one attached hydrogen (secondary N) is 1. The van der Waals surface area contributed by atoms with E-state index in [9.17, 15) is 13.2 Å². The predicted molar refractivity (Wildman–Crippen MR) is 67.9 cm³/mol. The lowest BCUT2D eigenvalue weighted by Crippen LogP contribution is -2.13. The lowest BCUT2D eigenvalue weighted by Gasteiger charge is -2.09. The number of aromatic nitrogens is 2. The number of hydrogen-bond donors (Lipinski definition) is 1. The number of ether oxygens (including phenoxy) is 1. The molecule has 0 spiro atoms. The number of thiophene rings is 1. The van der Waals surface area contributed by atoms with E-state index in [0.29, 0.717) is 16.2 Å². The van der Waals surface area contributed by atoms with Crippen molar-refractivity contribution in [2.75, 3.05) is 19.0 Å². The summed E-state index contributed by atoms with van der Waals surface area (Å²) in [5.74, 6) is 0.513. The van der Waals surface area contributed by atoms with E-state index in [2.05, 4.69) is 15.3 Å². The van der Waals surface area contributed by atoms with Gasteiger partial charge in [0.15, 0.2) is 0 Å². The number of hydrogen-bond acceptors (Lipinski definition) is 5. The van der Waals surface area contributed by atoms with Gasteiger partial charge in [-0.15, -0.1) is 11.3 Å². The van der Waals surface area contributed by atoms with Gasteiger partial charge in [-0.3, -0.25) is 0 Å². The molecule has 8 heteroatoms. The first-order chi connectivity index (χ1) is 8.89. The third-order valence-corrected chi connectivity index (χ3v) is 3.27. The van der Waals surface area contributed by atoms with Crippen LogP contribution in [0.25, 0.3) is 10.2 Å². The smallest absolute Gasteiger partial charge is 0.392 e. The monoisotopic (exact) mass is 291 g/mol. The maximum absolute atomic E-state index is 12.1. The van der Waals surface area contributed by atoms with Crippen molar-refractivity contribution in [2.45, 2.75) is 19.5 Å². The average Bonchev–Trinajstić information content (AvgIpc) is 2.67. The summed E-state index contributed by atoms with van der Waals surface area (Å²) in [6, 6.07) is 1.81. The van der Waals surface area contributed by atoms with Gasteiger partial charge in [-0.2, -0.15) is 18.2 Å². The van der Waals surface area contributed by atoms with Gasteiger partial charge in [0.25, 0.3) is 0 Å². The van der Waals surface area contributed by atoms with Gasteiger partial charge in [-0.25, -0.2) is 4.98 Å². The van der Waals surface area contributed by atoms with Crippen LogP contribution in [0.3, 0.4) is 0 Å². The fraction of sp³-hybridized carbons (Fsp3) is 0.455. The Morgan fingerprint density at radius 1 is 1.37 bits per heavy atom. The molecule has 19 heavy (non-hydrogen) atoms. The average molecular weight is 291 g/mol. The molecule has 0 unspecified atom stereocenters. The number of halogens is 3. The van der Waals surface area contributed by atoms with E-state index in [1.807, 2.05) is 13.0 Å². The van der Waals surface area contributed by atoms with Crippen LogP contribution in [0.2, 0.25) is 0 Å². The molecule has 0 aromatic carbocycles. The highest BCUT2D eigenvalue weighted by molar-refractivity contribution is 7.18. The van der Waals surface area contributed by atoms with Gasteiger partial charge in [0, 0.05) is 11.9 Å². The van der Waals surface area contributed by atoms with Gasteiger partial charge < -0.3 is 10.1 Å². The molecule has 0 saturated heterocycles. The van der Waals surface area contributed by atoms with Crippen LogP contribution < -0.4 is 10.1 Å². The summed E-state index contributed by atoms with van der Waals surface area (Å²) in [5, 5.41) is 3.40. The summed E-state index contributed by atoms with van der Waals surface area (Å²) in [6.45, 7) is 1.44. The van der Waals surface area contributed by atoms with Crippen molar-refractivity contribution in [3.8, 4) is 5.88 Å². The summed E-state index contributed by atoms with van der Waals surface area (Å²) in [6.07, 6.45) is -5.24. The molecule has 0 aliphatic rings. The topological polar surface area (TPSA) is 47.0 Å². The SMILES string of the molecule is CNc1nc(OCCC(F)(F)F)c2cc(C)sc2n1. The molecule has 0 aliphatic carbocycles. The van der Waals surface area contributed by atoms with Crippen molar-refractivity contribution in [2.24, 2.45) is 0 Å². The molecule has 0 amide bonds. The standard InChI is InChI=1S/C11H12F3N3OS/c1-6-5-7-8(18-4-3-11(12,13)14)16-10(15-2)17-9(7)19-6/h5H,3-4H2,1-2H3,(H,15,16,17). The van der Waals surface area contributed by atoms with Gasteiger partial charge in [0.2, 0.25) is 11.8 Å². The highest BCUT2D eigenvalue weighted by Crippen LogP contribution is 2.31. The zero-order valence-corrected chi connectivity index (χ0v) is 11.2. The highest BCUT2D eigenvalue weighted by Gasteiger charge is 2.27. The number of aryl methyl sites for hydroxylation is 1. The quantitative estimate of drug-likeness (QED) is 0.938. The van der Waals surface area contributed by atoms with E-state index in [1.165, 1.54) is 11.3 Å². The third-order valence-electron chi connectivity index (χ3n) is 2.33. The predicted octanol–water partition coefficient (Wildman–Crippen LogP) is 3.37. The molecule has 0 bridgehead atoms. The normalized spacial score (nSPS) is 11.8. The summed E-state index contributed by atoms with van der Waals surface area (Å²) in [5.41, 5.74) is 0. The Kier molecular flexibility index (Phi) is 3.79. The first-order valence-electron chi connectivity index (χ1n) is 5.54. The van der Waals surface area contributed by atoms with E-state index in [1.54, 1.807) is 7.05 Å². The second kappa shape index (κ2) is 5.20. The number of fused-ring (bicyclic) bond motifs is 1. The molecule has 4 nitrogen and oxygen atoms in total. The minimum atomic E-state index is -4.23. The van der Waals surface area contributed by atoms with Crippen LogP contribution in [0.5, 0.6) is 5.88 Å². The van der Waals surface area contributed by atoms with Gasteiger partial charge in [0.05, 0.1) is 18.4 Å². The van der Waals surface area contributed by atoms with Crippen LogP contribution in [0.4, 0.5) is 19.1 Å². The largest absolute Gasteiger partial charge is 0.477 e. The summed E-state index contributed by atoms with van der Waals surface area (Å²) < 4.78 is 41.4. The molecule has 2 rings (SSSR count). The molecule has 0 aliphatic heterocycles. The van der Waals surface area contributed by atoms with Crippen molar-refractivity contribution in [3.05, 3.63) is 10.9 Å². The van der Waals surface area contributed by atoms with Crippen molar-refractivity contribution < 1.29 is 17.9 Å². The van der Waals surface area contributed by atoms with Crippen molar-refractivity contribution >= 4 is 27.5 Å². The fourth-order valence-electron chi connectivity index (χ4n) is 1.50. The molecule has 2 heterocycles. The Bertz CT molecular complexity index is 582. The van der Waals surface area contributed by atoms with Crippen LogP contribution in [0.1, 0.15) is 11.3 Å². The fourth-order valence-corrected chi connectivity index (χ4v) is 2.37. The molecule has 0 radical (unpaired) electrons. The molecule has 1 N–H and O–H groups in total. The van der Waals surface area contributed by atoms with Crippen LogP contribution in [-0.4, -0.2) is 29.8 Å². The minimum Gasteiger partial charge on any atom is -0.477 e. The Morgan fingerprint density at radius 3 is 2.74 bits per heavy atom. The molecule has 0 atom stereocenters. The second-order valence-electron chi connectivity index (χ2n) is 3.89. The van der Waals surface area contributed by atoms with E-state index in [4.69, 9.17) is 4.74 Å². The van der Waals surface area contributed by atoms with Gasteiger partial charge >= 0.3 is 6.18 Å². The van der Waals surface area contributed by atoms with Gasteiger partial charge in [-0.05, 0) is 13.0 Å². The Labute approximate surface area is 111 Å². The highest BCUT2D eigenvalue weighted by atomic mass is 32.1. The molecular weight excluding hydrogens is 279 g/mol. The molecule has 0 saturated carbocycles. The van der Waals surface area contributed by atoms with Gasteiger partial charge in [0.1, 0.15) is 4.83 Å². The van der Waals surface area contributed by atoms with Crippen LogP contribution in [-0.2, 0) is 0 Å². The number of rotatable bonds is 4. The van der Waals surface area contributed by atoms with E-state index >= 15 is 0 Å². The lowest BCUT2D eigenvalue weighted by atomic mass is 10.3. The Hall–Kier alpha value is -1.57. The van der Waals surface area contributed by atoms with Crippen molar-refractivity contribution in [1.82, 2.24) is 9.97 Å². The Morgan fingerprint density at radius 2 is 2.11 bits per heavy atom. The first-order valence-corrected chi connectivity index (χ1v) is 6.36. The number of anilines is 1. The van der Waals surface area contributed by atoms with Crippen LogP contribution in [0.15, 0.2) is 6.07 Å². The third kappa shape index (κ3) is 3.46. The number of nitrogens with zero attached hydrogens (tertiary/aromatic N) is 2. The van der Waals surface area contributed by atoms with Crippen LogP contribution in [0, 0.1) is 6.92 Å². The van der Waals surface area contributed by atoms with E-state index in [0.717, 1.165) is 4.88 Å². The summed E-state index contributed by atoms with van der Waals surface area (Å²) in [7, 11) is 1.64. The van der Waals surface area contributed by atoms with Gasteiger partial charge in [-0.1, -0.05) is 0 Å². The molecular formula is C11H12F3N3OS. The zero-order chi connectivity index (χ0) is 14.0. The summed E-state index contributed by atoms with van der Waals surface area (Å²) >= 11 is 1.44. The van der Waals surface area contributed by atoms with E-state index in [-0.39, 0.29) is 5.88 Å². The second-order valence-corrected chi connectivity index (χ2v) is 5.13. The summed E-state index contributed by atoms with van der Waals surface area (Å²) in [4.78, 5) is 9.97. The molecule has 0 fully saturated rings. The zero-order valence-electron chi connectivity index (χ0n) is 10.3. The molecule has 2 aromatic heterocycles. The number of alkyl halides is 3. The van der Waals surface area contributed by atoms with Crippen molar-refractivity contribution in [1.29, 1.82) is 0 Å². The maximum Gasteiger partial charge on any atom is 0.392 e. The van der Waals surface area contributed by atoms with Crippen LogP contribution >= 0.6 is 11.3 Å². The molecule has 104 valence electrons. The lowest BCUT2D eigenvalue weighted by molar-refractivity contribution is -0.139. The Balaban J connectivity index is 2.25. The molecule has 2 aromatic rings. The maximum atomic E-state index is 12.1.